The third-order valence-corrected chi connectivity index (χ3v) is 5.48. The number of aromatic nitrogens is 2. The minimum Gasteiger partial charge on any atom is -0.482 e. The van der Waals surface area contributed by atoms with E-state index in [1.807, 2.05) is 44.2 Å². The van der Waals surface area contributed by atoms with Gasteiger partial charge in [0.05, 0.1) is 5.69 Å². The second-order valence-corrected chi connectivity index (χ2v) is 7.81. The van der Waals surface area contributed by atoms with Crippen LogP contribution in [0, 0.1) is 13.8 Å². The summed E-state index contributed by atoms with van der Waals surface area (Å²) >= 11 is 18.4. The second kappa shape index (κ2) is 7.27. The third-order valence-electron chi connectivity index (χ3n) is 4.59. The van der Waals surface area contributed by atoms with Crippen LogP contribution < -0.4 is 4.74 Å². The third kappa shape index (κ3) is 3.49. The van der Waals surface area contributed by atoms with Gasteiger partial charge < -0.3 is 9.15 Å². The van der Waals surface area contributed by atoms with Crippen LogP contribution in [0.3, 0.4) is 0 Å². The molecule has 2 aromatic heterocycles. The molecule has 0 saturated carbocycles. The Morgan fingerprint density at radius 3 is 2.63 bits per heavy atom. The molecule has 27 heavy (non-hydrogen) atoms. The molecule has 4 nitrogen and oxygen atoms in total. The molecule has 0 amide bonds. The summed E-state index contributed by atoms with van der Waals surface area (Å²) in [5.74, 6) is 1.35. The molecule has 1 aliphatic carbocycles. The molecule has 0 N–H and O–H groups in total. The van der Waals surface area contributed by atoms with Crippen molar-refractivity contribution in [2.45, 2.75) is 32.8 Å². The molecule has 3 aromatic rings. The van der Waals surface area contributed by atoms with Crippen LogP contribution in [0.4, 0.5) is 0 Å². The van der Waals surface area contributed by atoms with E-state index in [0.717, 1.165) is 22.7 Å². The van der Waals surface area contributed by atoms with Crippen LogP contribution in [0.25, 0.3) is 5.71 Å². The summed E-state index contributed by atoms with van der Waals surface area (Å²) in [6.07, 6.45) is 4.41. The van der Waals surface area contributed by atoms with E-state index in [1.54, 1.807) is 10.6 Å². The lowest BCUT2D eigenvalue weighted by atomic mass is 9.96. The number of allylic oxidation sites excluding steroid dienone is 4. The lowest BCUT2D eigenvalue weighted by Gasteiger charge is -2.17. The molecule has 4 rings (SSSR count). The SMILES string of the molecule is Cc1nn2c(C3CC=C(Cl)C=C3Cl)c(C)oc2c1OCc1ccc(Cl)cc1. The highest BCUT2D eigenvalue weighted by Crippen LogP contribution is 2.40. The first-order valence-corrected chi connectivity index (χ1v) is 9.66. The van der Waals surface area contributed by atoms with Crippen LogP contribution in [0.1, 0.15) is 35.1 Å². The minimum absolute atomic E-state index is 0.0427. The molecule has 7 heteroatoms. The number of rotatable bonds is 4. The van der Waals surface area contributed by atoms with E-state index in [4.69, 9.17) is 44.0 Å². The van der Waals surface area contributed by atoms with Gasteiger partial charge in [-0.15, -0.1) is 0 Å². The highest BCUT2D eigenvalue weighted by atomic mass is 35.5. The van der Waals surface area contributed by atoms with Crippen LogP contribution in [0.5, 0.6) is 5.75 Å². The van der Waals surface area contributed by atoms with Crippen molar-refractivity contribution in [3.8, 4) is 5.75 Å². The van der Waals surface area contributed by atoms with Crippen molar-refractivity contribution in [2.75, 3.05) is 0 Å². The summed E-state index contributed by atoms with van der Waals surface area (Å²) in [6.45, 7) is 4.21. The van der Waals surface area contributed by atoms with Crippen LogP contribution in [0.2, 0.25) is 5.02 Å². The molecule has 0 saturated heterocycles. The van der Waals surface area contributed by atoms with Gasteiger partial charge in [0.2, 0.25) is 5.75 Å². The van der Waals surface area contributed by atoms with Crippen molar-refractivity contribution < 1.29 is 9.15 Å². The number of halogens is 3. The quantitative estimate of drug-likeness (QED) is 0.480. The van der Waals surface area contributed by atoms with Gasteiger partial charge in [-0.3, -0.25) is 0 Å². The van der Waals surface area contributed by atoms with Crippen molar-refractivity contribution in [1.82, 2.24) is 9.61 Å². The molecule has 0 fully saturated rings. The first kappa shape index (κ1) is 18.5. The maximum absolute atomic E-state index is 6.45. The molecule has 140 valence electrons. The van der Waals surface area contributed by atoms with Gasteiger partial charge in [-0.25, -0.2) is 0 Å². The Morgan fingerprint density at radius 1 is 1.19 bits per heavy atom. The average Bonchev–Trinajstić information content (AvgIpc) is 3.08. The smallest absolute Gasteiger partial charge is 0.265 e. The average molecular weight is 424 g/mol. The van der Waals surface area contributed by atoms with Gasteiger partial charge in [0.15, 0.2) is 0 Å². The number of hydrogen-bond acceptors (Lipinski definition) is 3. The molecule has 0 spiro atoms. The summed E-state index contributed by atoms with van der Waals surface area (Å²) in [7, 11) is 0. The Bertz CT molecular complexity index is 1060. The Hall–Kier alpha value is -1.88. The fourth-order valence-corrected chi connectivity index (χ4v) is 3.96. The van der Waals surface area contributed by atoms with Gasteiger partial charge in [-0.1, -0.05) is 53.0 Å². The van der Waals surface area contributed by atoms with E-state index in [0.29, 0.717) is 39.6 Å². The van der Waals surface area contributed by atoms with Crippen LogP contribution in [-0.2, 0) is 6.61 Å². The standard InChI is InChI=1S/C20H17Cl3N2O2/c1-11-19(26-10-13-3-5-14(21)6-4-13)20-25(24-11)18(12(2)27-20)16-8-7-15(22)9-17(16)23/h3-7,9,16H,8,10H2,1-2H3. The number of ether oxygens (including phenoxy) is 1. The fourth-order valence-electron chi connectivity index (χ4n) is 3.26. The summed E-state index contributed by atoms with van der Waals surface area (Å²) in [4.78, 5) is 0. The molecular weight excluding hydrogens is 407 g/mol. The largest absolute Gasteiger partial charge is 0.482 e. The molecule has 1 aliphatic rings. The van der Waals surface area contributed by atoms with Crippen molar-refractivity contribution in [3.63, 3.8) is 0 Å². The Labute approximate surface area is 172 Å². The van der Waals surface area contributed by atoms with Crippen LogP contribution in [-0.4, -0.2) is 9.61 Å². The Morgan fingerprint density at radius 2 is 1.93 bits per heavy atom. The molecule has 2 heterocycles. The Kier molecular flexibility index (Phi) is 4.97. The van der Waals surface area contributed by atoms with Crippen molar-refractivity contribution in [1.29, 1.82) is 0 Å². The first-order chi connectivity index (χ1) is 12.9. The zero-order valence-corrected chi connectivity index (χ0v) is 17.1. The lowest BCUT2D eigenvalue weighted by Crippen LogP contribution is -2.07. The summed E-state index contributed by atoms with van der Waals surface area (Å²) in [5.41, 5.74) is 3.27. The van der Waals surface area contributed by atoms with Crippen LogP contribution >= 0.6 is 34.8 Å². The second-order valence-electron chi connectivity index (χ2n) is 6.50. The van der Waals surface area contributed by atoms with E-state index >= 15 is 0 Å². The number of nitrogens with zero attached hydrogens (tertiary/aromatic N) is 2. The van der Waals surface area contributed by atoms with Crippen molar-refractivity contribution in [2.24, 2.45) is 0 Å². The molecule has 0 radical (unpaired) electrons. The number of oxazole rings is 1. The predicted molar refractivity (Wildman–Crippen MR) is 108 cm³/mol. The summed E-state index contributed by atoms with van der Waals surface area (Å²) in [5, 5.41) is 6.64. The Balaban J connectivity index is 1.67. The van der Waals surface area contributed by atoms with E-state index < -0.39 is 0 Å². The fraction of sp³-hybridized carbons (Fsp3) is 0.250. The molecule has 1 aromatic carbocycles. The zero-order valence-electron chi connectivity index (χ0n) is 14.8. The maximum Gasteiger partial charge on any atom is 0.265 e. The van der Waals surface area contributed by atoms with E-state index in [1.165, 1.54) is 0 Å². The summed E-state index contributed by atoms with van der Waals surface area (Å²) in [6, 6.07) is 7.54. The minimum atomic E-state index is -0.0427. The highest BCUT2D eigenvalue weighted by Gasteiger charge is 2.28. The zero-order chi connectivity index (χ0) is 19.1. The van der Waals surface area contributed by atoms with E-state index in [2.05, 4.69) is 5.10 Å². The van der Waals surface area contributed by atoms with Gasteiger partial charge in [-0.05, 0) is 44.0 Å². The van der Waals surface area contributed by atoms with Crippen LogP contribution in [0.15, 0.2) is 50.9 Å². The lowest BCUT2D eigenvalue weighted by molar-refractivity contribution is 0.302. The van der Waals surface area contributed by atoms with Gasteiger partial charge in [0, 0.05) is 21.0 Å². The predicted octanol–water partition coefficient (Wildman–Crippen LogP) is 6.51. The number of hydrogen-bond donors (Lipinski definition) is 0. The van der Waals surface area contributed by atoms with Crippen molar-refractivity contribution in [3.05, 3.63) is 74.2 Å². The van der Waals surface area contributed by atoms with Crippen molar-refractivity contribution >= 4 is 40.5 Å². The molecular formula is C20H17Cl3N2O2. The number of fused-ring (bicyclic) bond motifs is 1. The summed E-state index contributed by atoms with van der Waals surface area (Å²) < 4.78 is 13.8. The molecule has 0 aliphatic heterocycles. The number of benzene rings is 1. The monoisotopic (exact) mass is 422 g/mol. The normalized spacial score (nSPS) is 17.1. The van der Waals surface area contributed by atoms with Gasteiger partial charge >= 0.3 is 0 Å². The molecule has 0 bridgehead atoms. The first-order valence-electron chi connectivity index (χ1n) is 8.52. The van der Waals surface area contributed by atoms with E-state index in [9.17, 15) is 0 Å². The topological polar surface area (TPSA) is 39.7 Å². The molecule has 1 atom stereocenters. The molecule has 1 unspecified atom stereocenters. The van der Waals surface area contributed by atoms with Gasteiger partial charge in [0.25, 0.3) is 5.71 Å². The number of aryl methyl sites for hydroxylation is 2. The van der Waals surface area contributed by atoms with E-state index in [-0.39, 0.29) is 5.92 Å². The maximum atomic E-state index is 6.45. The van der Waals surface area contributed by atoms with Gasteiger partial charge in [-0.2, -0.15) is 9.61 Å². The van der Waals surface area contributed by atoms with Gasteiger partial charge in [0.1, 0.15) is 18.1 Å². The highest BCUT2D eigenvalue weighted by molar-refractivity contribution is 6.35.